The van der Waals surface area contributed by atoms with Crippen LogP contribution in [0.3, 0.4) is 0 Å². The summed E-state index contributed by atoms with van der Waals surface area (Å²) in [6.07, 6.45) is 0. The molecular weight excluding hydrogens is 430 g/mol. The predicted octanol–water partition coefficient (Wildman–Crippen LogP) is 3.11. The van der Waals surface area contributed by atoms with Crippen molar-refractivity contribution in [1.82, 2.24) is 0 Å². The molecule has 0 aliphatic carbocycles. The molecule has 1 aromatic heterocycles. The zero-order valence-corrected chi connectivity index (χ0v) is 14.7. The molecule has 2 N–H and O–H groups in total. The van der Waals surface area contributed by atoms with E-state index in [4.69, 9.17) is 14.3 Å². The summed E-state index contributed by atoms with van der Waals surface area (Å²) in [6, 6.07) is 6.05. The van der Waals surface area contributed by atoms with E-state index in [-0.39, 0.29) is 21.9 Å². The molecule has 0 spiro atoms. The highest BCUT2D eigenvalue weighted by atomic mass is 79.9. The minimum atomic E-state index is -3.84. The molecular formula is C12H11Br2NO5S. The maximum atomic E-state index is 12.3. The highest BCUT2D eigenvalue weighted by Gasteiger charge is 2.22. The standard InChI is InChI=1S/C12H11Br2NO5S/c1-19-10-4-7(2-3-9(10)13)15-21(17,18)11-5-8(6-16)20-12(11)14/h2-5,15-16H,6H2,1H3. The number of rotatable bonds is 5. The number of aliphatic hydroxyl groups is 1. The van der Waals surface area contributed by atoms with Crippen molar-refractivity contribution < 1.29 is 22.7 Å². The number of methoxy groups -OCH3 is 1. The highest BCUT2D eigenvalue weighted by molar-refractivity contribution is 9.10. The quantitative estimate of drug-likeness (QED) is 0.745. The number of sulfonamides is 1. The average molecular weight is 441 g/mol. The molecule has 0 aliphatic heterocycles. The van der Waals surface area contributed by atoms with Crippen LogP contribution >= 0.6 is 31.9 Å². The minimum Gasteiger partial charge on any atom is -0.495 e. The van der Waals surface area contributed by atoms with Crippen LogP contribution in [-0.4, -0.2) is 20.6 Å². The minimum absolute atomic E-state index is 0.0307. The van der Waals surface area contributed by atoms with Crippen LogP contribution in [0.2, 0.25) is 0 Å². The van der Waals surface area contributed by atoms with E-state index in [1.54, 1.807) is 18.2 Å². The topological polar surface area (TPSA) is 88.8 Å². The molecule has 0 aliphatic rings. The predicted molar refractivity (Wildman–Crippen MR) is 83.8 cm³/mol. The Morgan fingerprint density at radius 2 is 2.05 bits per heavy atom. The van der Waals surface area contributed by atoms with Gasteiger partial charge in [-0.05, 0) is 44.0 Å². The van der Waals surface area contributed by atoms with Gasteiger partial charge in [0.05, 0.1) is 17.3 Å². The number of furan rings is 1. The summed E-state index contributed by atoms with van der Waals surface area (Å²) < 4.78 is 37.9. The Bertz CT molecular complexity index is 757. The lowest BCUT2D eigenvalue weighted by Crippen LogP contribution is -2.12. The van der Waals surface area contributed by atoms with Crippen molar-refractivity contribution in [1.29, 1.82) is 0 Å². The van der Waals surface area contributed by atoms with Gasteiger partial charge < -0.3 is 14.3 Å². The molecule has 0 fully saturated rings. The van der Waals surface area contributed by atoms with E-state index in [1.807, 2.05) is 0 Å². The van der Waals surface area contributed by atoms with E-state index >= 15 is 0 Å². The largest absolute Gasteiger partial charge is 0.495 e. The molecule has 0 radical (unpaired) electrons. The number of hydrogen-bond donors (Lipinski definition) is 2. The van der Waals surface area contributed by atoms with E-state index in [0.717, 1.165) is 0 Å². The van der Waals surface area contributed by atoms with E-state index < -0.39 is 10.0 Å². The van der Waals surface area contributed by atoms with Crippen molar-refractivity contribution in [3.63, 3.8) is 0 Å². The van der Waals surface area contributed by atoms with Gasteiger partial charge in [0, 0.05) is 12.1 Å². The molecule has 0 unspecified atom stereocenters. The fourth-order valence-electron chi connectivity index (χ4n) is 1.59. The zero-order chi connectivity index (χ0) is 15.6. The van der Waals surface area contributed by atoms with E-state index in [1.165, 1.54) is 13.2 Å². The van der Waals surface area contributed by atoms with Gasteiger partial charge in [-0.3, -0.25) is 4.72 Å². The Morgan fingerprint density at radius 3 is 2.62 bits per heavy atom. The molecule has 2 aromatic rings. The van der Waals surface area contributed by atoms with Gasteiger partial charge in [-0.2, -0.15) is 0 Å². The summed E-state index contributed by atoms with van der Waals surface area (Å²) >= 11 is 6.30. The summed E-state index contributed by atoms with van der Waals surface area (Å²) in [6.45, 7) is -0.389. The molecule has 6 nitrogen and oxygen atoms in total. The molecule has 0 amide bonds. The number of anilines is 1. The Labute approximate surface area is 138 Å². The Balaban J connectivity index is 2.35. The van der Waals surface area contributed by atoms with Crippen molar-refractivity contribution in [3.8, 4) is 5.75 Å². The number of aliphatic hydroxyl groups excluding tert-OH is 1. The van der Waals surface area contributed by atoms with Crippen molar-refractivity contribution in [2.24, 2.45) is 0 Å². The van der Waals surface area contributed by atoms with Gasteiger partial charge in [0.2, 0.25) is 0 Å². The lowest BCUT2D eigenvalue weighted by atomic mass is 10.3. The Kier molecular flexibility index (Phi) is 4.97. The second kappa shape index (κ2) is 6.39. The van der Waals surface area contributed by atoms with Gasteiger partial charge >= 0.3 is 0 Å². The number of hydrogen-bond acceptors (Lipinski definition) is 5. The third-order valence-corrected chi connectivity index (χ3v) is 5.45. The molecule has 0 saturated heterocycles. The van der Waals surface area contributed by atoms with Crippen molar-refractivity contribution in [2.45, 2.75) is 11.5 Å². The second-order valence-corrected chi connectivity index (χ2v) is 7.19. The maximum absolute atomic E-state index is 12.3. The van der Waals surface area contributed by atoms with Gasteiger partial charge in [-0.1, -0.05) is 0 Å². The van der Waals surface area contributed by atoms with Crippen molar-refractivity contribution in [3.05, 3.63) is 39.2 Å². The van der Waals surface area contributed by atoms with Crippen LogP contribution in [0.25, 0.3) is 0 Å². The fraction of sp³-hybridized carbons (Fsp3) is 0.167. The van der Waals surface area contributed by atoms with Gasteiger partial charge in [-0.15, -0.1) is 0 Å². The Morgan fingerprint density at radius 1 is 1.33 bits per heavy atom. The lowest BCUT2D eigenvalue weighted by molar-refractivity contribution is 0.245. The molecule has 114 valence electrons. The smallest absolute Gasteiger partial charge is 0.266 e. The van der Waals surface area contributed by atoms with Crippen molar-refractivity contribution >= 4 is 47.6 Å². The van der Waals surface area contributed by atoms with Crippen LogP contribution in [0, 0.1) is 0 Å². The van der Waals surface area contributed by atoms with Gasteiger partial charge in [0.1, 0.15) is 23.0 Å². The van der Waals surface area contributed by atoms with Crippen LogP contribution < -0.4 is 9.46 Å². The number of ether oxygens (including phenoxy) is 1. The van der Waals surface area contributed by atoms with Gasteiger partial charge in [-0.25, -0.2) is 8.42 Å². The third kappa shape index (κ3) is 3.60. The molecule has 2 rings (SSSR count). The van der Waals surface area contributed by atoms with E-state index in [2.05, 4.69) is 36.6 Å². The molecule has 0 saturated carbocycles. The molecule has 0 bridgehead atoms. The summed E-state index contributed by atoms with van der Waals surface area (Å²) in [5.41, 5.74) is 0.341. The lowest BCUT2D eigenvalue weighted by Gasteiger charge is -2.09. The summed E-state index contributed by atoms with van der Waals surface area (Å²) in [5, 5.41) is 8.98. The molecule has 1 aromatic carbocycles. The average Bonchev–Trinajstić information content (AvgIpc) is 2.83. The number of benzene rings is 1. The van der Waals surface area contributed by atoms with Gasteiger partial charge in [0.15, 0.2) is 4.67 Å². The number of nitrogens with one attached hydrogen (secondary N) is 1. The maximum Gasteiger partial charge on any atom is 0.266 e. The van der Waals surface area contributed by atoms with Crippen LogP contribution in [0.1, 0.15) is 5.76 Å². The molecule has 1 heterocycles. The molecule has 21 heavy (non-hydrogen) atoms. The van der Waals surface area contributed by atoms with Crippen LogP contribution in [0.15, 0.2) is 42.7 Å². The molecule has 9 heteroatoms. The number of halogens is 2. The highest BCUT2D eigenvalue weighted by Crippen LogP contribution is 2.31. The van der Waals surface area contributed by atoms with Crippen LogP contribution in [0.5, 0.6) is 5.75 Å². The molecule has 0 atom stereocenters. The van der Waals surface area contributed by atoms with E-state index in [0.29, 0.717) is 15.9 Å². The van der Waals surface area contributed by atoms with E-state index in [9.17, 15) is 8.42 Å². The SMILES string of the molecule is COc1cc(NS(=O)(=O)c2cc(CO)oc2Br)ccc1Br. The van der Waals surface area contributed by atoms with Crippen LogP contribution in [0.4, 0.5) is 5.69 Å². The fourth-order valence-corrected chi connectivity index (χ4v) is 4.05. The summed E-state index contributed by atoms with van der Waals surface area (Å²) in [4.78, 5) is -0.0894. The van der Waals surface area contributed by atoms with Crippen LogP contribution in [-0.2, 0) is 16.6 Å². The first-order valence-electron chi connectivity index (χ1n) is 5.63. The van der Waals surface area contributed by atoms with Gasteiger partial charge in [0.25, 0.3) is 10.0 Å². The summed E-state index contributed by atoms with van der Waals surface area (Å²) in [5.74, 6) is 0.646. The normalized spacial score (nSPS) is 11.4. The first-order valence-corrected chi connectivity index (χ1v) is 8.69. The van der Waals surface area contributed by atoms with Crippen molar-refractivity contribution in [2.75, 3.05) is 11.8 Å². The summed E-state index contributed by atoms with van der Waals surface area (Å²) in [7, 11) is -2.36. The second-order valence-electron chi connectivity index (χ2n) is 3.96. The zero-order valence-electron chi connectivity index (χ0n) is 10.8. The first kappa shape index (κ1) is 16.3. The first-order chi connectivity index (χ1) is 9.87. The Hall–Kier alpha value is -1.03. The third-order valence-electron chi connectivity index (χ3n) is 2.56. The monoisotopic (exact) mass is 439 g/mol.